The zero-order valence-electron chi connectivity index (χ0n) is 13.8. The second-order valence-corrected chi connectivity index (χ2v) is 6.78. The third kappa shape index (κ3) is 4.84. The van der Waals surface area contributed by atoms with E-state index in [0.717, 1.165) is 4.47 Å². The number of hydrogen-bond donors (Lipinski definition) is 2. The average molecular weight is 447 g/mol. The van der Waals surface area contributed by atoms with E-state index in [1.54, 1.807) is 30.3 Å². The normalized spacial score (nSPS) is 10.3. The van der Waals surface area contributed by atoms with Gasteiger partial charge in [-0.05, 0) is 42.5 Å². The maximum atomic E-state index is 12.3. The van der Waals surface area contributed by atoms with Gasteiger partial charge in [0.25, 0.3) is 5.91 Å². The van der Waals surface area contributed by atoms with Gasteiger partial charge in [-0.15, -0.1) is 0 Å². The van der Waals surface area contributed by atoms with E-state index in [9.17, 15) is 9.59 Å². The number of carbonyl (C=O) groups excluding carboxylic acids is 2. The summed E-state index contributed by atoms with van der Waals surface area (Å²) >= 11 is 9.26. The molecule has 8 heteroatoms. The van der Waals surface area contributed by atoms with Crippen molar-refractivity contribution in [3.05, 3.63) is 81.4 Å². The van der Waals surface area contributed by atoms with Gasteiger partial charge in [0.2, 0.25) is 11.8 Å². The van der Waals surface area contributed by atoms with Crippen molar-refractivity contribution in [2.45, 2.75) is 0 Å². The SMILES string of the molecule is NC(=O)c1cc(NC(=O)c2ccc(Oc3cccc(Br)c3)nc2)ccc1Cl. The molecule has 0 saturated heterocycles. The van der Waals surface area contributed by atoms with Gasteiger partial charge < -0.3 is 15.8 Å². The number of nitrogens with zero attached hydrogens (tertiary/aromatic N) is 1. The van der Waals surface area contributed by atoms with Crippen LogP contribution in [0, 0.1) is 0 Å². The summed E-state index contributed by atoms with van der Waals surface area (Å²) in [4.78, 5) is 27.8. The standard InChI is InChI=1S/C19H13BrClN3O3/c20-12-2-1-3-14(8-12)27-17-7-4-11(10-23-17)19(26)24-13-5-6-16(21)15(9-13)18(22)25/h1-10H,(H2,22,25)(H,24,26). The third-order valence-electron chi connectivity index (χ3n) is 3.51. The minimum Gasteiger partial charge on any atom is -0.439 e. The summed E-state index contributed by atoms with van der Waals surface area (Å²) in [6.45, 7) is 0. The lowest BCUT2D eigenvalue weighted by Crippen LogP contribution is -2.15. The quantitative estimate of drug-likeness (QED) is 0.597. The zero-order valence-corrected chi connectivity index (χ0v) is 16.1. The summed E-state index contributed by atoms with van der Waals surface area (Å²) in [5, 5.41) is 2.88. The number of aromatic nitrogens is 1. The van der Waals surface area contributed by atoms with Crippen molar-refractivity contribution < 1.29 is 14.3 Å². The van der Waals surface area contributed by atoms with E-state index in [0.29, 0.717) is 22.9 Å². The van der Waals surface area contributed by atoms with Gasteiger partial charge in [-0.1, -0.05) is 33.6 Å². The Balaban J connectivity index is 1.71. The average Bonchev–Trinajstić information content (AvgIpc) is 2.63. The molecule has 3 N–H and O–H groups in total. The molecule has 0 fully saturated rings. The van der Waals surface area contributed by atoms with E-state index in [2.05, 4.69) is 26.2 Å². The number of rotatable bonds is 5. The number of ether oxygens (including phenoxy) is 1. The number of nitrogens with one attached hydrogen (secondary N) is 1. The second-order valence-electron chi connectivity index (χ2n) is 5.46. The van der Waals surface area contributed by atoms with Gasteiger partial charge in [0, 0.05) is 22.4 Å². The van der Waals surface area contributed by atoms with E-state index in [1.165, 1.54) is 18.3 Å². The van der Waals surface area contributed by atoms with Crippen LogP contribution in [0.15, 0.2) is 65.3 Å². The fourth-order valence-electron chi connectivity index (χ4n) is 2.22. The Morgan fingerprint density at radius 3 is 2.59 bits per heavy atom. The van der Waals surface area contributed by atoms with Crippen molar-refractivity contribution in [2.24, 2.45) is 5.73 Å². The number of halogens is 2. The number of anilines is 1. The minimum absolute atomic E-state index is 0.130. The van der Waals surface area contributed by atoms with Crippen molar-refractivity contribution >= 4 is 45.0 Å². The molecule has 27 heavy (non-hydrogen) atoms. The molecule has 2 aromatic carbocycles. The van der Waals surface area contributed by atoms with Crippen molar-refractivity contribution in [2.75, 3.05) is 5.32 Å². The smallest absolute Gasteiger partial charge is 0.257 e. The first-order valence-corrected chi connectivity index (χ1v) is 8.89. The summed E-state index contributed by atoms with van der Waals surface area (Å²) in [6.07, 6.45) is 1.40. The van der Waals surface area contributed by atoms with Crippen LogP contribution in [0.5, 0.6) is 11.6 Å². The summed E-state index contributed by atoms with van der Waals surface area (Å²) in [6, 6.07) is 15.0. The Labute approximate surface area is 168 Å². The highest BCUT2D eigenvalue weighted by molar-refractivity contribution is 9.10. The second kappa shape index (κ2) is 8.20. The predicted molar refractivity (Wildman–Crippen MR) is 106 cm³/mol. The van der Waals surface area contributed by atoms with Crippen molar-refractivity contribution in [1.82, 2.24) is 4.98 Å². The lowest BCUT2D eigenvalue weighted by Gasteiger charge is -2.08. The molecule has 0 aliphatic heterocycles. The molecule has 0 aliphatic rings. The monoisotopic (exact) mass is 445 g/mol. The lowest BCUT2D eigenvalue weighted by molar-refractivity contribution is 0.0996. The molecule has 0 radical (unpaired) electrons. The Morgan fingerprint density at radius 2 is 1.93 bits per heavy atom. The maximum Gasteiger partial charge on any atom is 0.257 e. The molecule has 136 valence electrons. The van der Waals surface area contributed by atoms with Crippen molar-refractivity contribution in [1.29, 1.82) is 0 Å². The van der Waals surface area contributed by atoms with Crippen LogP contribution >= 0.6 is 27.5 Å². The van der Waals surface area contributed by atoms with Crippen LogP contribution in [0.1, 0.15) is 20.7 Å². The summed E-state index contributed by atoms with van der Waals surface area (Å²) < 4.78 is 6.51. The molecule has 2 amide bonds. The van der Waals surface area contributed by atoms with E-state index < -0.39 is 11.8 Å². The largest absolute Gasteiger partial charge is 0.439 e. The number of pyridine rings is 1. The summed E-state index contributed by atoms with van der Waals surface area (Å²) in [7, 11) is 0. The number of amides is 2. The number of carbonyl (C=O) groups is 2. The summed E-state index contributed by atoms with van der Waals surface area (Å²) in [5.41, 5.74) is 6.10. The van der Waals surface area contributed by atoms with E-state index in [4.69, 9.17) is 22.1 Å². The summed E-state index contributed by atoms with van der Waals surface area (Å²) in [5.74, 6) is -0.0950. The van der Waals surface area contributed by atoms with Gasteiger partial charge in [-0.25, -0.2) is 4.98 Å². The number of benzene rings is 2. The van der Waals surface area contributed by atoms with Crippen LogP contribution < -0.4 is 15.8 Å². The van der Waals surface area contributed by atoms with Crippen LogP contribution in [-0.2, 0) is 0 Å². The zero-order chi connectivity index (χ0) is 19.4. The first-order valence-electron chi connectivity index (χ1n) is 7.72. The van der Waals surface area contributed by atoms with Crippen molar-refractivity contribution in [3.8, 4) is 11.6 Å². The van der Waals surface area contributed by atoms with Gasteiger partial charge in [-0.3, -0.25) is 9.59 Å². The Bertz CT molecular complexity index is 1010. The molecule has 1 heterocycles. The maximum absolute atomic E-state index is 12.3. The van der Waals surface area contributed by atoms with Crippen LogP contribution in [-0.4, -0.2) is 16.8 Å². The molecule has 3 rings (SSSR count). The van der Waals surface area contributed by atoms with Gasteiger partial charge >= 0.3 is 0 Å². The fourth-order valence-corrected chi connectivity index (χ4v) is 2.81. The molecule has 1 aromatic heterocycles. The van der Waals surface area contributed by atoms with E-state index in [1.807, 2.05) is 12.1 Å². The fraction of sp³-hybridized carbons (Fsp3) is 0. The minimum atomic E-state index is -0.674. The molecule has 0 unspecified atom stereocenters. The molecule has 0 atom stereocenters. The van der Waals surface area contributed by atoms with Gasteiger partial charge in [0.15, 0.2) is 0 Å². The highest BCUT2D eigenvalue weighted by Crippen LogP contribution is 2.24. The van der Waals surface area contributed by atoms with E-state index in [-0.39, 0.29) is 10.6 Å². The predicted octanol–water partition coefficient (Wildman–Crippen LogP) is 4.64. The van der Waals surface area contributed by atoms with Crippen LogP contribution in [0.4, 0.5) is 5.69 Å². The van der Waals surface area contributed by atoms with Crippen LogP contribution in [0.25, 0.3) is 0 Å². The van der Waals surface area contributed by atoms with Gasteiger partial charge in [-0.2, -0.15) is 0 Å². The number of primary amides is 1. The van der Waals surface area contributed by atoms with Crippen molar-refractivity contribution in [3.63, 3.8) is 0 Å². The molecule has 0 spiro atoms. The molecule has 0 aliphatic carbocycles. The molecule has 3 aromatic rings. The molecule has 0 saturated carbocycles. The number of hydrogen-bond acceptors (Lipinski definition) is 4. The highest BCUT2D eigenvalue weighted by Gasteiger charge is 2.11. The third-order valence-corrected chi connectivity index (χ3v) is 4.33. The first kappa shape index (κ1) is 18.9. The molecular formula is C19H13BrClN3O3. The Morgan fingerprint density at radius 1 is 1.11 bits per heavy atom. The molecule has 0 bridgehead atoms. The number of nitrogens with two attached hydrogens (primary N) is 1. The molecule has 6 nitrogen and oxygen atoms in total. The lowest BCUT2D eigenvalue weighted by atomic mass is 10.2. The highest BCUT2D eigenvalue weighted by atomic mass is 79.9. The van der Waals surface area contributed by atoms with Gasteiger partial charge in [0.1, 0.15) is 5.75 Å². The molecular weight excluding hydrogens is 434 g/mol. The van der Waals surface area contributed by atoms with Crippen LogP contribution in [0.2, 0.25) is 5.02 Å². The topological polar surface area (TPSA) is 94.3 Å². The van der Waals surface area contributed by atoms with Crippen LogP contribution in [0.3, 0.4) is 0 Å². The Hall–Kier alpha value is -2.90. The van der Waals surface area contributed by atoms with E-state index >= 15 is 0 Å². The first-order chi connectivity index (χ1) is 12.9. The van der Waals surface area contributed by atoms with Gasteiger partial charge in [0.05, 0.1) is 16.1 Å². The Kier molecular flexibility index (Phi) is 5.73.